The first kappa shape index (κ1) is 13.1. The molecule has 1 saturated heterocycles. The summed E-state index contributed by atoms with van der Waals surface area (Å²) in [5.41, 5.74) is 2.18. The fourth-order valence-corrected chi connectivity index (χ4v) is 2.97. The molecule has 2 unspecified atom stereocenters. The number of sulfonamides is 1. The van der Waals surface area contributed by atoms with Gasteiger partial charge in [-0.1, -0.05) is 0 Å². The van der Waals surface area contributed by atoms with Crippen LogP contribution in [0.25, 0.3) is 0 Å². The zero-order valence-corrected chi connectivity index (χ0v) is 10.1. The Balaban J connectivity index is 2.25. The lowest BCUT2D eigenvalue weighted by Gasteiger charge is -2.14. The first-order chi connectivity index (χ1) is 8.45. The Bertz CT molecular complexity index is 509. The summed E-state index contributed by atoms with van der Waals surface area (Å²) < 4.78 is 25.2. The Morgan fingerprint density at radius 2 is 1.78 bits per heavy atom. The van der Waals surface area contributed by atoms with Crippen molar-refractivity contribution in [1.82, 2.24) is 14.3 Å². The van der Waals surface area contributed by atoms with Crippen LogP contribution in [0.15, 0.2) is 17.3 Å². The number of aliphatic hydroxyl groups excluding tert-OH is 2. The predicted octanol–water partition coefficient (Wildman–Crippen LogP) is -2.51. The second-order valence-electron chi connectivity index (χ2n) is 3.84. The fraction of sp³-hybridized carbons (Fsp3) is 0.500. The van der Waals surface area contributed by atoms with E-state index in [9.17, 15) is 18.6 Å². The molecular formula is C8H13N5O4S. The molecule has 10 heteroatoms. The molecule has 9 nitrogen and oxygen atoms in total. The number of nitrogens with one attached hydrogen (secondary N) is 1. The first-order valence-corrected chi connectivity index (χ1v) is 6.54. The fourth-order valence-electron chi connectivity index (χ4n) is 1.60. The topological polar surface area (TPSA) is 142 Å². The van der Waals surface area contributed by atoms with Crippen LogP contribution in [0, 0.1) is 0 Å². The van der Waals surface area contributed by atoms with E-state index >= 15 is 0 Å². The van der Waals surface area contributed by atoms with Crippen LogP contribution in [0.5, 0.6) is 0 Å². The molecule has 0 saturated carbocycles. The molecule has 2 rings (SSSR count). The van der Waals surface area contributed by atoms with Crippen molar-refractivity contribution in [1.29, 1.82) is 0 Å². The molecule has 0 aliphatic carbocycles. The number of anilines is 1. The minimum Gasteiger partial charge on any atom is -0.389 e. The lowest BCUT2D eigenvalue weighted by molar-refractivity contribution is 0.0572. The molecule has 0 amide bonds. The van der Waals surface area contributed by atoms with E-state index in [-0.39, 0.29) is 23.9 Å². The molecule has 18 heavy (non-hydrogen) atoms. The van der Waals surface area contributed by atoms with Crippen LogP contribution >= 0.6 is 0 Å². The molecule has 0 radical (unpaired) electrons. The zero-order chi connectivity index (χ0) is 13.3. The highest BCUT2D eigenvalue weighted by Gasteiger charge is 2.37. The van der Waals surface area contributed by atoms with E-state index in [1.807, 2.05) is 0 Å². The number of hydrazine groups is 1. The SMILES string of the molecule is NNc1ncc(S(=O)(=O)N2CC(O)C(O)C2)cn1. The maximum atomic E-state index is 12.1. The van der Waals surface area contributed by atoms with Crippen molar-refractivity contribution in [2.45, 2.75) is 17.1 Å². The summed E-state index contributed by atoms with van der Waals surface area (Å²) in [5, 5.41) is 18.7. The van der Waals surface area contributed by atoms with Crippen molar-refractivity contribution in [3.63, 3.8) is 0 Å². The third-order valence-corrected chi connectivity index (χ3v) is 4.41. The smallest absolute Gasteiger partial charge is 0.246 e. The van der Waals surface area contributed by atoms with E-state index < -0.39 is 22.2 Å². The lowest BCUT2D eigenvalue weighted by atomic mass is 10.3. The van der Waals surface area contributed by atoms with E-state index in [4.69, 9.17) is 5.84 Å². The van der Waals surface area contributed by atoms with Gasteiger partial charge < -0.3 is 10.2 Å². The number of nitrogens with two attached hydrogens (primary N) is 1. The highest BCUT2D eigenvalue weighted by Crippen LogP contribution is 2.20. The van der Waals surface area contributed by atoms with Gasteiger partial charge in [0, 0.05) is 13.1 Å². The van der Waals surface area contributed by atoms with Crippen molar-refractivity contribution in [3.8, 4) is 0 Å². The average molecular weight is 275 g/mol. The summed E-state index contributed by atoms with van der Waals surface area (Å²) in [6, 6.07) is 0. The van der Waals surface area contributed by atoms with E-state index in [1.165, 1.54) is 0 Å². The first-order valence-electron chi connectivity index (χ1n) is 5.10. The lowest BCUT2D eigenvalue weighted by Crippen LogP contribution is -2.30. The zero-order valence-electron chi connectivity index (χ0n) is 9.26. The Labute approximate surface area is 103 Å². The third-order valence-electron chi connectivity index (χ3n) is 2.62. The third kappa shape index (κ3) is 2.28. The quantitative estimate of drug-likeness (QED) is 0.350. The van der Waals surface area contributed by atoms with Crippen LogP contribution in [-0.4, -0.2) is 58.2 Å². The number of rotatable bonds is 3. The van der Waals surface area contributed by atoms with Crippen LogP contribution < -0.4 is 11.3 Å². The van der Waals surface area contributed by atoms with Gasteiger partial charge in [-0.25, -0.2) is 24.2 Å². The highest BCUT2D eigenvalue weighted by atomic mass is 32.2. The summed E-state index contributed by atoms with van der Waals surface area (Å²) >= 11 is 0. The van der Waals surface area contributed by atoms with Crippen LogP contribution in [0.3, 0.4) is 0 Å². The van der Waals surface area contributed by atoms with Crippen molar-refractivity contribution in [2.24, 2.45) is 5.84 Å². The molecule has 1 aromatic rings. The van der Waals surface area contributed by atoms with E-state index in [0.29, 0.717) is 0 Å². The average Bonchev–Trinajstić information content (AvgIpc) is 2.70. The normalized spacial score (nSPS) is 25.3. The molecule has 100 valence electrons. The number of β-amino-alcohol motifs (C(OH)–C–C–N with tert-alkyl or cyclic N) is 2. The summed E-state index contributed by atoms with van der Waals surface area (Å²) in [6.45, 7) is -0.305. The predicted molar refractivity (Wildman–Crippen MR) is 60.6 cm³/mol. The van der Waals surface area contributed by atoms with E-state index in [1.54, 1.807) is 0 Å². The van der Waals surface area contributed by atoms with Gasteiger partial charge in [0.15, 0.2) is 0 Å². The van der Waals surface area contributed by atoms with Gasteiger partial charge in [0.1, 0.15) is 4.90 Å². The second-order valence-corrected chi connectivity index (χ2v) is 5.78. The van der Waals surface area contributed by atoms with Gasteiger partial charge >= 0.3 is 0 Å². The van der Waals surface area contributed by atoms with Crippen LogP contribution in [0.2, 0.25) is 0 Å². The molecule has 1 aliphatic rings. The number of hydrogen-bond donors (Lipinski definition) is 4. The van der Waals surface area contributed by atoms with Gasteiger partial charge in [-0.15, -0.1) is 0 Å². The molecule has 2 atom stereocenters. The van der Waals surface area contributed by atoms with Crippen molar-refractivity contribution in [2.75, 3.05) is 18.5 Å². The molecule has 0 spiro atoms. The Morgan fingerprint density at radius 3 is 2.22 bits per heavy atom. The summed E-state index contributed by atoms with van der Waals surface area (Å²) in [4.78, 5) is 7.27. The van der Waals surface area contributed by atoms with E-state index in [2.05, 4.69) is 15.4 Å². The van der Waals surface area contributed by atoms with Crippen molar-refractivity contribution >= 4 is 16.0 Å². The monoisotopic (exact) mass is 275 g/mol. The number of nitrogens with zero attached hydrogens (tertiary/aromatic N) is 3. The van der Waals surface area contributed by atoms with Crippen LogP contribution in [0.1, 0.15) is 0 Å². The largest absolute Gasteiger partial charge is 0.389 e. The van der Waals surface area contributed by atoms with Crippen LogP contribution in [-0.2, 0) is 10.0 Å². The number of aromatic nitrogens is 2. The molecule has 5 N–H and O–H groups in total. The Morgan fingerprint density at radius 1 is 1.28 bits per heavy atom. The molecule has 2 heterocycles. The van der Waals surface area contributed by atoms with Gasteiger partial charge in [0.25, 0.3) is 0 Å². The van der Waals surface area contributed by atoms with Crippen molar-refractivity contribution < 1.29 is 18.6 Å². The summed E-state index contributed by atoms with van der Waals surface area (Å²) in [5.74, 6) is 5.16. The molecule has 0 bridgehead atoms. The molecular weight excluding hydrogens is 262 g/mol. The van der Waals surface area contributed by atoms with Gasteiger partial charge in [-0.05, 0) is 0 Å². The Kier molecular flexibility index (Phi) is 3.45. The van der Waals surface area contributed by atoms with Crippen molar-refractivity contribution in [3.05, 3.63) is 12.4 Å². The standard InChI is InChI=1S/C8H13N5O4S/c9-12-8-10-1-5(2-11-8)18(16,17)13-3-6(14)7(15)4-13/h1-2,6-7,14-15H,3-4,9H2,(H,10,11,12). The number of aliphatic hydroxyl groups is 2. The maximum absolute atomic E-state index is 12.1. The van der Waals surface area contributed by atoms with Gasteiger partial charge in [-0.2, -0.15) is 4.31 Å². The van der Waals surface area contributed by atoms with Crippen LogP contribution in [0.4, 0.5) is 5.95 Å². The van der Waals surface area contributed by atoms with E-state index in [0.717, 1.165) is 16.7 Å². The molecule has 1 aliphatic heterocycles. The summed E-state index contributed by atoms with van der Waals surface area (Å²) in [7, 11) is -3.81. The van der Waals surface area contributed by atoms with Gasteiger partial charge in [0.05, 0.1) is 24.6 Å². The minimum atomic E-state index is -3.81. The van der Waals surface area contributed by atoms with Gasteiger partial charge in [0.2, 0.25) is 16.0 Å². The summed E-state index contributed by atoms with van der Waals surface area (Å²) in [6.07, 6.45) is 0.0554. The molecule has 0 aromatic carbocycles. The number of hydrogen-bond acceptors (Lipinski definition) is 8. The highest BCUT2D eigenvalue weighted by molar-refractivity contribution is 7.89. The molecule has 1 fully saturated rings. The second kappa shape index (κ2) is 4.74. The number of nitrogen functional groups attached to an aromatic ring is 1. The van der Waals surface area contributed by atoms with Gasteiger partial charge in [-0.3, -0.25) is 5.43 Å². The minimum absolute atomic E-state index is 0.0930. The molecule has 1 aromatic heterocycles. The Hall–Kier alpha value is -1.33. The maximum Gasteiger partial charge on any atom is 0.246 e.